The number of benzene rings is 2. The molecule has 0 unspecified atom stereocenters. The second-order valence-corrected chi connectivity index (χ2v) is 8.88. The summed E-state index contributed by atoms with van der Waals surface area (Å²) in [5.74, 6) is -0.696. The fourth-order valence-corrected chi connectivity index (χ4v) is 4.50. The van der Waals surface area contributed by atoms with Gasteiger partial charge in [-0.1, -0.05) is 6.07 Å². The van der Waals surface area contributed by atoms with Gasteiger partial charge in [-0.15, -0.1) is 11.8 Å². The molecule has 27 heavy (non-hydrogen) atoms. The summed E-state index contributed by atoms with van der Waals surface area (Å²) >= 11 is 1.37. The van der Waals surface area contributed by atoms with E-state index < -0.39 is 16.0 Å². The van der Waals surface area contributed by atoms with Crippen molar-refractivity contribution in [1.29, 1.82) is 0 Å². The molecule has 0 aromatic heterocycles. The molecule has 0 saturated heterocycles. The number of carbonyl (C=O) groups excluding carboxylic acids is 2. The normalized spacial score (nSPS) is 16.2. The second-order valence-electron chi connectivity index (χ2n) is 5.81. The lowest BCUT2D eigenvalue weighted by Crippen LogP contribution is -2.26. The zero-order valence-corrected chi connectivity index (χ0v) is 16.3. The molecule has 7 nitrogen and oxygen atoms in total. The van der Waals surface area contributed by atoms with Gasteiger partial charge in [-0.3, -0.25) is 9.52 Å². The van der Waals surface area contributed by atoms with E-state index in [2.05, 4.69) is 10.0 Å². The van der Waals surface area contributed by atoms with Crippen LogP contribution in [0.25, 0.3) is 0 Å². The number of nitrogens with one attached hydrogen (secondary N) is 2. The van der Waals surface area contributed by atoms with E-state index in [1.165, 1.54) is 36.0 Å². The largest absolute Gasteiger partial charge is 0.462 e. The van der Waals surface area contributed by atoms with Gasteiger partial charge in [0.2, 0.25) is 5.91 Å². The van der Waals surface area contributed by atoms with Crippen LogP contribution >= 0.6 is 11.8 Å². The van der Waals surface area contributed by atoms with E-state index in [4.69, 9.17) is 4.74 Å². The van der Waals surface area contributed by atoms with Crippen LogP contribution in [0.2, 0.25) is 0 Å². The van der Waals surface area contributed by atoms with Crippen LogP contribution in [0.5, 0.6) is 0 Å². The Morgan fingerprint density at radius 3 is 2.78 bits per heavy atom. The number of hydrogen-bond donors (Lipinski definition) is 2. The first-order chi connectivity index (χ1) is 12.8. The smallest absolute Gasteiger partial charge is 0.338 e. The molecule has 1 aliphatic heterocycles. The van der Waals surface area contributed by atoms with Crippen molar-refractivity contribution < 1.29 is 22.7 Å². The zero-order chi connectivity index (χ0) is 19.6. The van der Waals surface area contributed by atoms with Crippen molar-refractivity contribution in [1.82, 2.24) is 0 Å². The summed E-state index contributed by atoms with van der Waals surface area (Å²) in [4.78, 5) is 24.5. The van der Waals surface area contributed by atoms with Crippen molar-refractivity contribution >= 4 is 45.0 Å². The molecule has 1 amide bonds. The third kappa shape index (κ3) is 4.25. The van der Waals surface area contributed by atoms with Gasteiger partial charge in [-0.05, 0) is 50.2 Å². The van der Waals surface area contributed by atoms with Crippen LogP contribution in [0.1, 0.15) is 24.2 Å². The van der Waals surface area contributed by atoms with Gasteiger partial charge in [0.1, 0.15) is 0 Å². The Kier molecular flexibility index (Phi) is 5.43. The molecule has 2 aromatic carbocycles. The molecule has 0 radical (unpaired) electrons. The number of anilines is 2. The highest BCUT2D eigenvalue weighted by Gasteiger charge is 2.25. The van der Waals surface area contributed by atoms with Crippen LogP contribution in [0.4, 0.5) is 11.4 Å². The lowest BCUT2D eigenvalue weighted by molar-refractivity contribution is -0.115. The van der Waals surface area contributed by atoms with Crippen LogP contribution in [-0.2, 0) is 19.6 Å². The summed E-state index contributed by atoms with van der Waals surface area (Å²) in [7, 11) is -3.90. The Morgan fingerprint density at radius 1 is 1.26 bits per heavy atom. The van der Waals surface area contributed by atoms with Gasteiger partial charge in [-0.2, -0.15) is 0 Å². The average Bonchev–Trinajstić information content (AvgIpc) is 2.62. The quantitative estimate of drug-likeness (QED) is 0.740. The molecule has 142 valence electrons. The third-order valence-electron chi connectivity index (χ3n) is 3.82. The topological polar surface area (TPSA) is 102 Å². The van der Waals surface area contributed by atoms with Crippen molar-refractivity contribution in [2.45, 2.75) is 28.9 Å². The van der Waals surface area contributed by atoms with E-state index in [0.29, 0.717) is 5.69 Å². The summed E-state index contributed by atoms with van der Waals surface area (Å²) in [6.07, 6.45) is 0. The Balaban J connectivity index is 1.86. The predicted molar refractivity (Wildman–Crippen MR) is 104 cm³/mol. The summed E-state index contributed by atoms with van der Waals surface area (Å²) in [5.41, 5.74) is 0.955. The minimum absolute atomic E-state index is 0.0123. The molecular formula is C18H18N2O5S2. The SMILES string of the molecule is CCOC(=O)c1cccc(NS(=O)(=O)c2ccc3c(c2)NC(=O)[C@@H](C)S3)c1. The number of thioether (sulfide) groups is 1. The average molecular weight is 406 g/mol. The number of rotatable bonds is 5. The first-order valence-electron chi connectivity index (χ1n) is 8.21. The number of esters is 1. The van der Waals surface area contributed by atoms with Crippen LogP contribution in [-0.4, -0.2) is 32.2 Å². The molecule has 1 aliphatic rings. The van der Waals surface area contributed by atoms with Crippen LogP contribution < -0.4 is 10.0 Å². The van der Waals surface area contributed by atoms with E-state index in [1.54, 1.807) is 32.0 Å². The van der Waals surface area contributed by atoms with Crippen LogP contribution in [0.3, 0.4) is 0 Å². The van der Waals surface area contributed by atoms with Crippen LogP contribution in [0.15, 0.2) is 52.3 Å². The molecule has 0 fully saturated rings. The fourth-order valence-electron chi connectivity index (χ4n) is 2.49. The molecular weight excluding hydrogens is 388 g/mol. The van der Waals surface area contributed by atoms with E-state index in [0.717, 1.165) is 4.90 Å². The van der Waals surface area contributed by atoms with Gasteiger partial charge in [0.15, 0.2) is 0 Å². The van der Waals surface area contributed by atoms with Gasteiger partial charge >= 0.3 is 5.97 Å². The maximum absolute atomic E-state index is 12.7. The summed E-state index contributed by atoms with van der Waals surface area (Å²) in [5, 5.41) is 2.48. The molecule has 2 aromatic rings. The summed E-state index contributed by atoms with van der Waals surface area (Å²) in [6.45, 7) is 3.70. The van der Waals surface area contributed by atoms with Gasteiger partial charge in [0.25, 0.3) is 10.0 Å². The lowest BCUT2D eigenvalue weighted by atomic mass is 10.2. The molecule has 2 N–H and O–H groups in total. The lowest BCUT2D eigenvalue weighted by Gasteiger charge is -2.22. The number of ether oxygens (including phenoxy) is 1. The van der Waals surface area contributed by atoms with Crippen molar-refractivity contribution in [2.75, 3.05) is 16.6 Å². The summed E-state index contributed by atoms with van der Waals surface area (Å²) in [6, 6.07) is 10.6. The number of fused-ring (bicyclic) bond motifs is 1. The first-order valence-corrected chi connectivity index (χ1v) is 10.6. The van der Waals surface area contributed by atoms with Crippen molar-refractivity contribution in [3.8, 4) is 0 Å². The number of amides is 1. The molecule has 0 spiro atoms. The summed E-state index contributed by atoms with van der Waals surface area (Å²) < 4.78 is 32.8. The molecule has 9 heteroatoms. The molecule has 1 heterocycles. The first kappa shape index (κ1) is 19.2. The van der Waals surface area contributed by atoms with E-state index in [-0.39, 0.29) is 33.9 Å². The van der Waals surface area contributed by atoms with E-state index >= 15 is 0 Å². The fraction of sp³-hybridized carbons (Fsp3) is 0.222. The predicted octanol–water partition coefficient (Wildman–Crippen LogP) is 3.10. The van der Waals surface area contributed by atoms with Crippen LogP contribution in [0, 0.1) is 0 Å². The Hall–Kier alpha value is -2.52. The van der Waals surface area contributed by atoms with Crippen molar-refractivity contribution in [3.05, 3.63) is 48.0 Å². The zero-order valence-electron chi connectivity index (χ0n) is 14.7. The monoisotopic (exact) mass is 406 g/mol. The van der Waals surface area contributed by atoms with Gasteiger partial charge in [0.05, 0.1) is 28.0 Å². The Morgan fingerprint density at radius 2 is 2.04 bits per heavy atom. The Labute approximate surface area is 161 Å². The Bertz CT molecular complexity index is 1000. The molecule has 0 bridgehead atoms. The van der Waals surface area contributed by atoms with E-state index in [1.807, 2.05) is 0 Å². The third-order valence-corrected chi connectivity index (χ3v) is 6.37. The minimum Gasteiger partial charge on any atom is -0.462 e. The molecule has 1 atom stereocenters. The number of sulfonamides is 1. The van der Waals surface area contributed by atoms with Crippen molar-refractivity contribution in [2.24, 2.45) is 0 Å². The highest BCUT2D eigenvalue weighted by molar-refractivity contribution is 8.01. The standard InChI is InChI=1S/C18H18N2O5S2/c1-3-25-18(22)12-5-4-6-13(9-12)20-27(23,24)14-7-8-16-15(10-14)19-17(21)11(2)26-16/h4-11,20H,3H2,1-2H3,(H,19,21)/t11-/m1/s1. The van der Waals surface area contributed by atoms with Gasteiger partial charge in [-0.25, -0.2) is 13.2 Å². The second kappa shape index (κ2) is 7.61. The number of hydrogen-bond acceptors (Lipinski definition) is 6. The minimum atomic E-state index is -3.90. The maximum atomic E-state index is 12.7. The molecule has 3 rings (SSSR count). The maximum Gasteiger partial charge on any atom is 0.338 e. The highest BCUT2D eigenvalue weighted by atomic mass is 32.2. The molecule has 0 saturated carbocycles. The van der Waals surface area contributed by atoms with Gasteiger partial charge < -0.3 is 10.1 Å². The van der Waals surface area contributed by atoms with Crippen molar-refractivity contribution in [3.63, 3.8) is 0 Å². The number of carbonyl (C=O) groups is 2. The molecule has 0 aliphatic carbocycles. The van der Waals surface area contributed by atoms with E-state index in [9.17, 15) is 18.0 Å². The highest BCUT2D eigenvalue weighted by Crippen LogP contribution is 2.37. The van der Waals surface area contributed by atoms with Gasteiger partial charge in [0, 0.05) is 10.6 Å².